The molecule has 1 N–H and O–H groups in total. The third kappa shape index (κ3) is 8.26. The second kappa shape index (κ2) is 10.0. The summed E-state index contributed by atoms with van der Waals surface area (Å²) in [6.45, 7) is 9.37. The lowest BCUT2D eigenvalue weighted by molar-refractivity contribution is 0.270. The molecular weight excluding hydrogens is 160 g/mol. The standard InChI is InChI=1S/C11H26N2/c1-4-6-7-10-13(9-5-2)11-8-12-3/h12H,4-11H2,1-3H3. The van der Waals surface area contributed by atoms with E-state index < -0.39 is 0 Å². The lowest BCUT2D eigenvalue weighted by Gasteiger charge is -2.21. The summed E-state index contributed by atoms with van der Waals surface area (Å²) >= 11 is 0. The number of likely N-dealkylation sites (N-methyl/N-ethyl adjacent to an activating group) is 1. The van der Waals surface area contributed by atoms with E-state index in [2.05, 4.69) is 24.1 Å². The Balaban J connectivity index is 3.41. The molecule has 0 unspecified atom stereocenters. The highest BCUT2D eigenvalue weighted by Gasteiger charge is 2.01. The zero-order valence-corrected chi connectivity index (χ0v) is 9.60. The van der Waals surface area contributed by atoms with Crippen molar-refractivity contribution in [3.8, 4) is 0 Å². The van der Waals surface area contributed by atoms with Crippen molar-refractivity contribution in [1.29, 1.82) is 0 Å². The van der Waals surface area contributed by atoms with Crippen LogP contribution < -0.4 is 5.32 Å². The average molecular weight is 186 g/mol. The normalized spacial score (nSPS) is 11.1. The van der Waals surface area contributed by atoms with Crippen molar-refractivity contribution in [3.05, 3.63) is 0 Å². The van der Waals surface area contributed by atoms with Crippen molar-refractivity contribution in [3.63, 3.8) is 0 Å². The number of hydrogen-bond acceptors (Lipinski definition) is 2. The minimum absolute atomic E-state index is 1.12. The molecule has 0 spiro atoms. The van der Waals surface area contributed by atoms with Gasteiger partial charge in [0.05, 0.1) is 0 Å². The van der Waals surface area contributed by atoms with Gasteiger partial charge < -0.3 is 10.2 Å². The minimum Gasteiger partial charge on any atom is -0.318 e. The van der Waals surface area contributed by atoms with Crippen LogP contribution in [0.25, 0.3) is 0 Å². The second-order valence-electron chi connectivity index (χ2n) is 3.65. The van der Waals surface area contributed by atoms with Gasteiger partial charge in [-0.25, -0.2) is 0 Å². The van der Waals surface area contributed by atoms with Gasteiger partial charge >= 0.3 is 0 Å². The van der Waals surface area contributed by atoms with E-state index in [4.69, 9.17) is 0 Å². The lowest BCUT2D eigenvalue weighted by Crippen LogP contribution is -2.32. The van der Waals surface area contributed by atoms with E-state index in [-0.39, 0.29) is 0 Å². The first-order valence-corrected chi connectivity index (χ1v) is 5.72. The van der Waals surface area contributed by atoms with Gasteiger partial charge in [0.15, 0.2) is 0 Å². The molecule has 0 aromatic rings. The summed E-state index contributed by atoms with van der Waals surface area (Å²) < 4.78 is 0. The summed E-state index contributed by atoms with van der Waals surface area (Å²) in [7, 11) is 2.02. The molecule has 0 bridgehead atoms. The van der Waals surface area contributed by atoms with E-state index in [0.717, 1.165) is 6.54 Å². The Bertz CT molecular complexity index is 94.1. The van der Waals surface area contributed by atoms with Crippen LogP contribution in [0.4, 0.5) is 0 Å². The Morgan fingerprint density at radius 1 is 0.923 bits per heavy atom. The van der Waals surface area contributed by atoms with Gasteiger partial charge in [-0.1, -0.05) is 26.7 Å². The van der Waals surface area contributed by atoms with Crippen molar-refractivity contribution in [2.24, 2.45) is 0 Å². The molecule has 13 heavy (non-hydrogen) atoms. The zero-order chi connectivity index (χ0) is 9.94. The summed E-state index contributed by atoms with van der Waals surface area (Å²) in [4.78, 5) is 2.56. The Morgan fingerprint density at radius 3 is 2.23 bits per heavy atom. The maximum absolute atomic E-state index is 3.21. The summed E-state index contributed by atoms with van der Waals surface area (Å²) in [6.07, 6.45) is 5.34. The lowest BCUT2D eigenvalue weighted by atomic mass is 10.2. The van der Waals surface area contributed by atoms with Crippen molar-refractivity contribution < 1.29 is 0 Å². The highest BCUT2D eigenvalue weighted by atomic mass is 15.1. The van der Waals surface area contributed by atoms with Crippen LogP contribution >= 0.6 is 0 Å². The molecular formula is C11H26N2. The first-order valence-electron chi connectivity index (χ1n) is 5.72. The predicted octanol–water partition coefficient (Wildman–Crippen LogP) is 2.11. The Hall–Kier alpha value is -0.0800. The van der Waals surface area contributed by atoms with Gasteiger partial charge in [-0.2, -0.15) is 0 Å². The molecule has 0 aliphatic rings. The molecule has 0 amide bonds. The number of unbranched alkanes of at least 4 members (excludes halogenated alkanes) is 2. The Labute approximate surface area is 83.7 Å². The van der Waals surface area contributed by atoms with E-state index in [1.54, 1.807) is 0 Å². The number of hydrogen-bond donors (Lipinski definition) is 1. The van der Waals surface area contributed by atoms with E-state index in [9.17, 15) is 0 Å². The van der Waals surface area contributed by atoms with Gasteiger partial charge in [0.2, 0.25) is 0 Å². The molecule has 0 aliphatic carbocycles. The van der Waals surface area contributed by atoms with Gasteiger partial charge in [0.25, 0.3) is 0 Å². The zero-order valence-electron chi connectivity index (χ0n) is 9.60. The molecule has 2 nitrogen and oxygen atoms in total. The Kier molecular flexibility index (Phi) is 9.94. The van der Waals surface area contributed by atoms with E-state index in [1.165, 1.54) is 45.3 Å². The Morgan fingerprint density at radius 2 is 1.69 bits per heavy atom. The summed E-state index contributed by atoms with van der Waals surface area (Å²) in [5, 5.41) is 3.21. The third-order valence-corrected chi connectivity index (χ3v) is 2.30. The molecule has 0 atom stereocenters. The molecule has 0 rings (SSSR count). The fourth-order valence-corrected chi connectivity index (χ4v) is 1.51. The maximum atomic E-state index is 3.21. The fraction of sp³-hybridized carbons (Fsp3) is 1.00. The van der Waals surface area contributed by atoms with Gasteiger partial charge in [0.1, 0.15) is 0 Å². The number of nitrogens with zero attached hydrogens (tertiary/aromatic N) is 1. The molecule has 0 aliphatic heterocycles. The van der Waals surface area contributed by atoms with Crippen molar-refractivity contribution in [2.75, 3.05) is 33.2 Å². The van der Waals surface area contributed by atoms with Crippen LogP contribution in [0.2, 0.25) is 0 Å². The SMILES string of the molecule is CCCCCN(CCC)CCNC. The first kappa shape index (κ1) is 12.9. The molecule has 80 valence electrons. The topological polar surface area (TPSA) is 15.3 Å². The van der Waals surface area contributed by atoms with Gasteiger partial charge in [-0.15, -0.1) is 0 Å². The predicted molar refractivity (Wildman–Crippen MR) is 60.2 cm³/mol. The first-order chi connectivity index (χ1) is 6.35. The van der Waals surface area contributed by atoms with Crippen molar-refractivity contribution in [1.82, 2.24) is 10.2 Å². The number of rotatable bonds is 9. The molecule has 0 radical (unpaired) electrons. The fourth-order valence-electron chi connectivity index (χ4n) is 1.51. The average Bonchev–Trinajstić information content (AvgIpc) is 2.14. The van der Waals surface area contributed by atoms with Gasteiger partial charge in [0, 0.05) is 13.1 Å². The summed E-state index contributed by atoms with van der Waals surface area (Å²) in [5.74, 6) is 0. The van der Waals surface area contributed by atoms with E-state index >= 15 is 0 Å². The quantitative estimate of drug-likeness (QED) is 0.555. The second-order valence-corrected chi connectivity index (χ2v) is 3.65. The van der Waals surface area contributed by atoms with Gasteiger partial charge in [-0.3, -0.25) is 0 Å². The molecule has 0 heterocycles. The molecule has 2 heteroatoms. The highest BCUT2D eigenvalue weighted by molar-refractivity contribution is 4.58. The molecule has 0 saturated heterocycles. The van der Waals surface area contributed by atoms with Gasteiger partial charge in [-0.05, 0) is 33.0 Å². The largest absolute Gasteiger partial charge is 0.318 e. The van der Waals surface area contributed by atoms with E-state index in [1.807, 2.05) is 7.05 Å². The third-order valence-electron chi connectivity index (χ3n) is 2.30. The molecule has 0 aromatic heterocycles. The van der Waals surface area contributed by atoms with Crippen LogP contribution in [-0.4, -0.2) is 38.1 Å². The van der Waals surface area contributed by atoms with Crippen molar-refractivity contribution >= 4 is 0 Å². The highest BCUT2D eigenvalue weighted by Crippen LogP contribution is 1.98. The van der Waals surface area contributed by atoms with Crippen LogP contribution in [0.1, 0.15) is 39.5 Å². The van der Waals surface area contributed by atoms with Crippen LogP contribution in [0.15, 0.2) is 0 Å². The number of nitrogens with one attached hydrogen (secondary N) is 1. The monoisotopic (exact) mass is 186 g/mol. The van der Waals surface area contributed by atoms with Crippen LogP contribution in [0.5, 0.6) is 0 Å². The molecule has 0 fully saturated rings. The maximum Gasteiger partial charge on any atom is 0.0107 e. The van der Waals surface area contributed by atoms with Crippen molar-refractivity contribution in [2.45, 2.75) is 39.5 Å². The van der Waals surface area contributed by atoms with E-state index in [0.29, 0.717) is 0 Å². The summed E-state index contributed by atoms with van der Waals surface area (Å²) in [6, 6.07) is 0. The summed E-state index contributed by atoms with van der Waals surface area (Å²) in [5.41, 5.74) is 0. The minimum atomic E-state index is 1.12. The molecule has 0 saturated carbocycles. The van der Waals surface area contributed by atoms with Crippen LogP contribution in [-0.2, 0) is 0 Å². The van der Waals surface area contributed by atoms with Crippen LogP contribution in [0.3, 0.4) is 0 Å². The molecule has 0 aromatic carbocycles. The van der Waals surface area contributed by atoms with Crippen LogP contribution in [0, 0.1) is 0 Å². The smallest absolute Gasteiger partial charge is 0.0107 e.